The lowest BCUT2D eigenvalue weighted by atomic mass is 9.98. The van der Waals surface area contributed by atoms with Crippen LogP contribution in [0.15, 0.2) is 28.7 Å². The van der Waals surface area contributed by atoms with E-state index < -0.39 is 17.4 Å². The van der Waals surface area contributed by atoms with Gasteiger partial charge in [0.2, 0.25) is 0 Å². The number of para-hydroxylation sites is 1. The van der Waals surface area contributed by atoms with Crippen molar-refractivity contribution in [1.82, 2.24) is 5.32 Å². The van der Waals surface area contributed by atoms with Gasteiger partial charge in [0.05, 0.1) is 7.11 Å². The number of furan rings is 1. The first kappa shape index (κ1) is 15.1. The van der Waals surface area contributed by atoms with Crippen LogP contribution in [-0.4, -0.2) is 24.5 Å². The SMILES string of the molecule is CC[C@@](C)(NC(=O)c1oc2ccccc2c1C)C(=O)OC. The van der Waals surface area contributed by atoms with Crippen LogP contribution in [0.25, 0.3) is 11.0 Å². The van der Waals surface area contributed by atoms with E-state index in [9.17, 15) is 9.59 Å². The van der Waals surface area contributed by atoms with E-state index in [0.717, 1.165) is 10.9 Å². The fraction of sp³-hybridized carbons (Fsp3) is 0.375. The minimum absolute atomic E-state index is 0.222. The number of methoxy groups -OCH3 is 1. The van der Waals surface area contributed by atoms with Gasteiger partial charge < -0.3 is 14.5 Å². The molecule has 0 unspecified atom stereocenters. The van der Waals surface area contributed by atoms with Crippen LogP contribution in [0.2, 0.25) is 0 Å². The number of nitrogens with one attached hydrogen (secondary N) is 1. The fourth-order valence-electron chi connectivity index (χ4n) is 2.21. The Bertz CT molecular complexity index is 689. The molecule has 0 bridgehead atoms. The number of esters is 1. The van der Waals surface area contributed by atoms with Crippen LogP contribution in [0.1, 0.15) is 36.4 Å². The largest absolute Gasteiger partial charge is 0.467 e. The second-order valence-electron chi connectivity index (χ2n) is 5.18. The predicted octanol–water partition coefficient (Wildman–Crippen LogP) is 2.81. The van der Waals surface area contributed by atoms with Crippen molar-refractivity contribution in [2.45, 2.75) is 32.7 Å². The summed E-state index contributed by atoms with van der Waals surface area (Å²) in [5.74, 6) is -0.676. The highest BCUT2D eigenvalue weighted by Crippen LogP contribution is 2.25. The zero-order chi connectivity index (χ0) is 15.6. The number of carbonyl (C=O) groups is 2. The van der Waals surface area contributed by atoms with Crippen LogP contribution < -0.4 is 5.32 Å². The van der Waals surface area contributed by atoms with Gasteiger partial charge in [0, 0.05) is 10.9 Å². The Hall–Kier alpha value is -2.30. The van der Waals surface area contributed by atoms with Gasteiger partial charge in [-0.3, -0.25) is 4.79 Å². The molecule has 1 aromatic heterocycles. The topological polar surface area (TPSA) is 68.5 Å². The summed E-state index contributed by atoms with van der Waals surface area (Å²) in [6.07, 6.45) is 0.421. The van der Waals surface area contributed by atoms with Gasteiger partial charge in [-0.15, -0.1) is 0 Å². The summed E-state index contributed by atoms with van der Waals surface area (Å²) in [4.78, 5) is 24.2. The van der Waals surface area contributed by atoms with Gasteiger partial charge in [-0.1, -0.05) is 25.1 Å². The minimum Gasteiger partial charge on any atom is -0.467 e. The molecular formula is C16H19NO4. The molecule has 5 heteroatoms. The molecule has 0 aliphatic carbocycles. The number of fused-ring (bicyclic) bond motifs is 1. The average Bonchev–Trinajstić information content (AvgIpc) is 2.84. The highest BCUT2D eigenvalue weighted by Gasteiger charge is 2.35. The van der Waals surface area contributed by atoms with Crippen LogP contribution in [0.4, 0.5) is 0 Å². The summed E-state index contributed by atoms with van der Waals surface area (Å²) < 4.78 is 10.3. The Balaban J connectivity index is 2.34. The fourth-order valence-corrected chi connectivity index (χ4v) is 2.21. The summed E-state index contributed by atoms with van der Waals surface area (Å²) in [6.45, 7) is 5.26. The third-order valence-electron chi connectivity index (χ3n) is 3.78. The molecule has 0 radical (unpaired) electrons. The summed E-state index contributed by atoms with van der Waals surface area (Å²) in [7, 11) is 1.30. The van der Waals surface area contributed by atoms with Crippen molar-refractivity contribution in [3.8, 4) is 0 Å². The van der Waals surface area contributed by atoms with Crippen molar-refractivity contribution in [1.29, 1.82) is 0 Å². The maximum Gasteiger partial charge on any atom is 0.331 e. The molecule has 21 heavy (non-hydrogen) atoms. The van der Waals surface area contributed by atoms with E-state index in [-0.39, 0.29) is 5.76 Å². The van der Waals surface area contributed by atoms with Gasteiger partial charge in [0.25, 0.3) is 5.91 Å². The Kier molecular flexibility index (Phi) is 4.02. The minimum atomic E-state index is -1.07. The lowest BCUT2D eigenvalue weighted by Gasteiger charge is -2.25. The molecule has 1 heterocycles. The quantitative estimate of drug-likeness (QED) is 0.879. The van der Waals surface area contributed by atoms with Gasteiger partial charge in [0.15, 0.2) is 5.76 Å². The molecule has 2 aromatic rings. The number of benzene rings is 1. The van der Waals surface area contributed by atoms with Gasteiger partial charge in [0.1, 0.15) is 11.1 Å². The predicted molar refractivity (Wildman–Crippen MR) is 79.1 cm³/mol. The molecule has 1 atom stereocenters. The molecule has 0 spiro atoms. The van der Waals surface area contributed by atoms with Crippen LogP contribution in [0.3, 0.4) is 0 Å². The number of ether oxygens (including phenoxy) is 1. The van der Waals surface area contributed by atoms with Gasteiger partial charge in [-0.25, -0.2) is 4.79 Å². The molecule has 0 fully saturated rings. The van der Waals surface area contributed by atoms with Gasteiger partial charge >= 0.3 is 5.97 Å². The maximum absolute atomic E-state index is 12.4. The molecule has 1 amide bonds. The standard InChI is InChI=1S/C16H19NO4/c1-5-16(3,15(19)20-4)17-14(18)13-10(2)11-8-6-7-9-12(11)21-13/h6-9H,5H2,1-4H3,(H,17,18)/t16-/m1/s1. The number of rotatable bonds is 4. The summed E-state index contributed by atoms with van der Waals surface area (Å²) >= 11 is 0. The Labute approximate surface area is 123 Å². The Morgan fingerprint density at radius 3 is 2.57 bits per heavy atom. The van der Waals surface area contributed by atoms with Crippen molar-refractivity contribution in [2.75, 3.05) is 7.11 Å². The molecule has 5 nitrogen and oxygen atoms in total. The van der Waals surface area contributed by atoms with Gasteiger partial charge in [-0.2, -0.15) is 0 Å². The normalized spacial score (nSPS) is 13.7. The molecule has 0 saturated heterocycles. The number of amides is 1. The first-order valence-corrected chi connectivity index (χ1v) is 6.82. The summed E-state index contributed by atoms with van der Waals surface area (Å²) in [5.41, 5.74) is 0.333. The Morgan fingerprint density at radius 2 is 2.00 bits per heavy atom. The zero-order valence-corrected chi connectivity index (χ0v) is 12.6. The zero-order valence-electron chi connectivity index (χ0n) is 12.6. The van der Waals surface area contributed by atoms with E-state index >= 15 is 0 Å². The van der Waals surface area contributed by atoms with Crippen LogP contribution in [-0.2, 0) is 9.53 Å². The second kappa shape index (κ2) is 5.60. The highest BCUT2D eigenvalue weighted by molar-refractivity contribution is 6.01. The molecule has 0 aliphatic heterocycles. The first-order valence-electron chi connectivity index (χ1n) is 6.82. The lowest BCUT2D eigenvalue weighted by molar-refractivity contribution is -0.147. The molecule has 112 valence electrons. The van der Waals surface area contributed by atoms with Crippen molar-refractivity contribution >= 4 is 22.8 Å². The third-order valence-corrected chi connectivity index (χ3v) is 3.78. The Morgan fingerprint density at radius 1 is 1.33 bits per heavy atom. The van der Waals surface area contributed by atoms with E-state index in [1.807, 2.05) is 32.0 Å². The van der Waals surface area contributed by atoms with Gasteiger partial charge in [-0.05, 0) is 26.3 Å². The molecule has 1 N–H and O–H groups in total. The van der Waals surface area contributed by atoms with Crippen LogP contribution in [0, 0.1) is 6.92 Å². The number of hydrogen-bond donors (Lipinski definition) is 1. The molecule has 2 rings (SSSR count). The third kappa shape index (κ3) is 2.63. The smallest absolute Gasteiger partial charge is 0.331 e. The van der Waals surface area contributed by atoms with E-state index in [0.29, 0.717) is 12.0 Å². The van der Waals surface area contributed by atoms with E-state index in [1.165, 1.54) is 7.11 Å². The molecule has 0 saturated carbocycles. The van der Waals surface area contributed by atoms with Crippen molar-refractivity contribution in [3.05, 3.63) is 35.6 Å². The maximum atomic E-state index is 12.4. The lowest BCUT2D eigenvalue weighted by Crippen LogP contribution is -2.52. The van der Waals surface area contributed by atoms with Crippen LogP contribution >= 0.6 is 0 Å². The average molecular weight is 289 g/mol. The molecule has 1 aromatic carbocycles. The number of aryl methyl sites for hydroxylation is 1. The van der Waals surface area contributed by atoms with Crippen molar-refractivity contribution < 1.29 is 18.7 Å². The summed E-state index contributed by atoms with van der Waals surface area (Å²) in [6, 6.07) is 7.43. The van der Waals surface area contributed by atoms with E-state index in [1.54, 1.807) is 13.0 Å². The highest BCUT2D eigenvalue weighted by atomic mass is 16.5. The second-order valence-corrected chi connectivity index (χ2v) is 5.18. The van der Waals surface area contributed by atoms with Crippen molar-refractivity contribution in [2.24, 2.45) is 0 Å². The number of carbonyl (C=O) groups excluding carboxylic acids is 2. The molecule has 0 aliphatic rings. The number of hydrogen-bond acceptors (Lipinski definition) is 4. The summed E-state index contributed by atoms with van der Waals surface area (Å²) in [5, 5.41) is 3.59. The van der Waals surface area contributed by atoms with E-state index in [2.05, 4.69) is 5.32 Å². The van der Waals surface area contributed by atoms with Crippen LogP contribution in [0.5, 0.6) is 0 Å². The van der Waals surface area contributed by atoms with E-state index in [4.69, 9.17) is 9.15 Å². The van der Waals surface area contributed by atoms with Crippen molar-refractivity contribution in [3.63, 3.8) is 0 Å². The molecular weight excluding hydrogens is 270 g/mol. The first-order chi connectivity index (χ1) is 9.92. The monoisotopic (exact) mass is 289 g/mol.